The molecule has 0 radical (unpaired) electrons. The van der Waals surface area contributed by atoms with Crippen LogP contribution in [0.4, 0.5) is 0 Å². The van der Waals surface area contributed by atoms with Gasteiger partial charge < -0.3 is 10.6 Å². The van der Waals surface area contributed by atoms with Crippen molar-refractivity contribution in [3.8, 4) is 0 Å². The van der Waals surface area contributed by atoms with Crippen LogP contribution in [0.15, 0.2) is 11.2 Å². The van der Waals surface area contributed by atoms with Crippen molar-refractivity contribution >= 4 is 41.3 Å². The Morgan fingerprint density at radius 1 is 1.39 bits per heavy atom. The van der Waals surface area contributed by atoms with Crippen LogP contribution in [0, 0.1) is 6.92 Å². The summed E-state index contributed by atoms with van der Waals surface area (Å²) in [6.07, 6.45) is 6.94. The molecule has 0 amide bonds. The molecule has 7 heteroatoms. The number of piperidine rings is 1. The van der Waals surface area contributed by atoms with E-state index in [-0.39, 0.29) is 24.0 Å². The summed E-state index contributed by atoms with van der Waals surface area (Å²) in [5.74, 6) is 0.887. The maximum absolute atomic E-state index is 4.38. The quantitative estimate of drug-likeness (QED) is 0.397. The highest BCUT2D eigenvalue weighted by Gasteiger charge is 2.17. The van der Waals surface area contributed by atoms with Crippen molar-refractivity contribution in [2.24, 2.45) is 4.99 Å². The smallest absolute Gasteiger partial charge is 0.191 e. The topological polar surface area (TPSA) is 52.6 Å². The Labute approximate surface area is 161 Å². The SMILES string of the molecule is CN=C(NCCc1ncc(C)s1)NCCN1CCCCC1C.I. The van der Waals surface area contributed by atoms with Gasteiger partial charge >= 0.3 is 0 Å². The Bertz CT molecular complexity index is 477. The summed E-state index contributed by atoms with van der Waals surface area (Å²) in [5, 5.41) is 7.96. The Balaban J connectivity index is 0.00000264. The van der Waals surface area contributed by atoms with Gasteiger partial charge in [0.25, 0.3) is 0 Å². The number of nitrogens with one attached hydrogen (secondary N) is 2. The molecule has 1 aromatic rings. The first-order valence-corrected chi connectivity index (χ1v) is 9.10. The predicted molar refractivity (Wildman–Crippen MR) is 110 cm³/mol. The fourth-order valence-electron chi connectivity index (χ4n) is 2.83. The molecule has 2 rings (SSSR count). The lowest BCUT2D eigenvalue weighted by atomic mass is 10.0. The molecule has 5 nitrogen and oxygen atoms in total. The maximum Gasteiger partial charge on any atom is 0.191 e. The molecule has 1 fully saturated rings. The van der Waals surface area contributed by atoms with E-state index < -0.39 is 0 Å². The molecule has 0 saturated carbocycles. The summed E-state index contributed by atoms with van der Waals surface area (Å²) in [7, 11) is 1.83. The van der Waals surface area contributed by atoms with Crippen molar-refractivity contribution in [1.29, 1.82) is 0 Å². The van der Waals surface area contributed by atoms with E-state index in [4.69, 9.17) is 0 Å². The lowest BCUT2D eigenvalue weighted by Gasteiger charge is -2.33. The minimum absolute atomic E-state index is 0. The van der Waals surface area contributed by atoms with Gasteiger partial charge in [0.05, 0.1) is 5.01 Å². The molecule has 1 aliphatic heterocycles. The van der Waals surface area contributed by atoms with Crippen LogP contribution in [-0.4, -0.2) is 55.1 Å². The van der Waals surface area contributed by atoms with Gasteiger partial charge in [0.2, 0.25) is 0 Å². The highest BCUT2D eigenvalue weighted by molar-refractivity contribution is 14.0. The molecule has 0 aromatic carbocycles. The van der Waals surface area contributed by atoms with Gasteiger partial charge in [0, 0.05) is 50.2 Å². The summed E-state index contributed by atoms with van der Waals surface area (Å²) in [6.45, 7) is 8.57. The zero-order chi connectivity index (χ0) is 15.8. The van der Waals surface area contributed by atoms with Crippen LogP contribution in [0.5, 0.6) is 0 Å². The molecule has 1 aliphatic rings. The number of halogens is 1. The second-order valence-electron chi connectivity index (χ2n) is 5.92. The third-order valence-corrected chi connectivity index (χ3v) is 5.13. The Morgan fingerprint density at radius 3 is 2.83 bits per heavy atom. The third kappa shape index (κ3) is 7.34. The zero-order valence-corrected chi connectivity index (χ0v) is 17.6. The van der Waals surface area contributed by atoms with Gasteiger partial charge in [-0.05, 0) is 33.2 Å². The second kappa shape index (κ2) is 11.2. The number of rotatable bonds is 6. The maximum atomic E-state index is 4.38. The standard InChI is InChI=1S/C16H29N5S.HI/c1-13-6-4-5-10-21(13)11-9-19-16(17-3)18-8-7-15-20-12-14(2)22-15;/h12-13H,4-11H2,1-3H3,(H2,17,18,19);1H. The lowest BCUT2D eigenvalue weighted by molar-refractivity contribution is 0.163. The molecule has 1 aromatic heterocycles. The molecule has 2 heterocycles. The monoisotopic (exact) mass is 451 g/mol. The van der Waals surface area contributed by atoms with Gasteiger partial charge in [-0.3, -0.25) is 9.89 Å². The zero-order valence-electron chi connectivity index (χ0n) is 14.5. The number of hydrogen-bond acceptors (Lipinski definition) is 4. The number of aromatic nitrogens is 1. The van der Waals surface area contributed by atoms with E-state index in [0.717, 1.165) is 38.1 Å². The number of likely N-dealkylation sites (tertiary alicyclic amines) is 1. The van der Waals surface area contributed by atoms with E-state index in [1.54, 1.807) is 11.3 Å². The van der Waals surface area contributed by atoms with Crippen molar-refractivity contribution in [1.82, 2.24) is 20.5 Å². The van der Waals surface area contributed by atoms with Gasteiger partial charge in [-0.2, -0.15) is 0 Å². The van der Waals surface area contributed by atoms with E-state index in [1.165, 1.54) is 35.7 Å². The predicted octanol–water partition coefficient (Wildman–Crippen LogP) is 2.65. The van der Waals surface area contributed by atoms with Crippen LogP contribution in [-0.2, 0) is 6.42 Å². The first-order chi connectivity index (χ1) is 10.7. The van der Waals surface area contributed by atoms with Gasteiger partial charge in [-0.1, -0.05) is 6.42 Å². The van der Waals surface area contributed by atoms with Gasteiger partial charge in [0.1, 0.15) is 0 Å². The molecule has 0 spiro atoms. The summed E-state index contributed by atoms with van der Waals surface area (Å²) in [5.41, 5.74) is 0. The van der Waals surface area contributed by atoms with Crippen molar-refractivity contribution in [2.75, 3.05) is 33.2 Å². The minimum Gasteiger partial charge on any atom is -0.356 e. The normalized spacial score (nSPS) is 19.3. The van der Waals surface area contributed by atoms with Crippen molar-refractivity contribution in [3.63, 3.8) is 0 Å². The van der Waals surface area contributed by atoms with E-state index in [9.17, 15) is 0 Å². The van der Waals surface area contributed by atoms with Crippen LogP contribution in [0.2, 0.25) is 0 Å². The number of thiazole rings is 1. The molecular formula is C16H30IN5S. The highest BCUT2D eigenvalue weighted by atomic mass is 127. The molecule has 0 bridgehead atoms. The molecule has 132 valence electrons. The molecular weight excluding hydrogens is 421 g/mol. The fraction of sp³-hybridized carbons (Fsp3) is 0.750. The van der Waals surface area contributed by atoms with Crippen molar-refractivity contribution in [3.05, 3.63) is 16.1 Å². The average Bonchev–Trinajstić information content (AvgIpc) is 2.93. The number of hydrogen-bond donors (Lipinski definition) is 2. The lowest BCUT2D eigenvalue weighted by Crippen LogP contribution is -2.45. The van der Waals surface area contributed by atoms with Gasteiger partial charge in [0.15, 0.2) is 5.96 Å². The summed E-state index contributed by atoms with van der Waals surface area (Å²) >= 11 is 1.77. The van der Waals surface area contributed by atoms with Crippen molar-refractivity contribution in [2.45, 2.75) is 45.6 Å². The fourth-order valence-corrected chi connectivity index (χ4v) is 3.62. The Kier molecular flexibility index (Phi) is 10.0. The van der Waals surface area contributed by atoms with Crippen LogP contribution in [0.1, 0.15) is 36.1 Å². The van der Waals surface area contributed by atoms with Crippen LogP contribution in [0.25, 0.3) is 0 Å². The third-order valence-electron chi connectivity index (χ3n) is 4.16. The van der Waals surface area contributed by atoms with E-state index in [2.05, 4.69) is 39.4 Å². The van der Waals surface area contributed by atoms with Gasteiger partial charge in [-0.25, -0.2) is 4.98 Å². The van der Waals surface area contributed by atoms with Crippen molar-refractivity contribution < 1.29 is 0 Å². The van der Waals surface area contributed by atoms with Crippen LogP contribution >= 0.6 is 35.3 Å². The van der Waals surface area contributed by atoms with E-state index in [1.807, 2.05) is 13.2 Å². The first-order valence-electron chi connectivity index (χ1n) is 8.29. The van der Waals surface area contributed by atoms with E-state index >= 15 is 0 Å². The highest BCUT2D eigenvalue weighted by Crippen LogP contribution is 2.15. The molecule has 1 atom stereocenters. The number of nitrogens with zero attached hydrogens (tertiary/aromatic N) is 3. The summed E-state index contributed by atoms with van der Waals surface area (Å²) in [4.78, 5) is 12.5. The summed E-state index contributed by atoms with van der Waals surface area (Å²) < 4.78 is 0. The minimum atomic E-state index is 0. The number of aliphatic imine (C=N–C) groups is 1. The second-order valence-corrected chi connectivity index (χ2v) is 7.24. The first kappa shape index (κ1) is 20.6. The summed E-state index contributed by atoms with van der Waals surface area (Å²) in [6, 6.07) is 0.721. The largest absolute Gasteiger partial charge is 0.356 e. The number of guanidine groups is 1. The van der Waals surface area contributed by atoms with Gasteiger partial charge in [-0.15, -0.1) is 35.3 Å². The van der Waals surface area contributed by atoms with E-state index in [0.29, 0.717) is 0 Å². The Hall–Kier alpha value is -0.410. The molecule has 2 N–H and O–H groups in total. The van der Waals surface area contributed by atoms with Crippen LogP contribution in [0.3, 0.4) is 0 Å². The molecule has 23 heavy (non-hydrogen) atoms. The molecule has 1 saturated heterocycles. The Morgan fingerprint density at radius 2 is 2.17 bits per heavy atom. The molecule has 1 unspecified atom stereocenters. The molecule has 0 aliphatic carbocycles. The van der Waals surface area contributed by atoms with Crippen LogP contribution < -0.4 is 10.6 Å². The number of aryl methyl sites for hydroxylation is 1. The average molecular weight is 451 g/mol.